The predicted molar refractivity (Wildman–Crippen MR) is 33.0 cm³/mol. The lowest BCUT2D eigenvalue weighted by Gasteiger charge is -2.21. The van der Waals surface area contributed by atoms with Crippen molar-refractivity contribution in [2.75, 3.05) is 19.8 Å². The molecule has 0 bridgehead atoms. The van der Waals surface area contributed by atoms with Crippen LogP contribution in [-0.2, 0) is 9.47 Å². The smallest absolute Gasteiger partial charge is 0.231 e. The van der Waals surface area contributed by atoms with Crippen LogP contribution in [0.4, 0.5) is 0 Å². The van der Waals surface area contributed by atoms with Gasteiger partial charge in [-0.15, -0.1) is 0 Å². The van der Waals surface area contributed by atoms with Gasteiger partial charge in [-0.3, -0.25) is 0 Å². The number of hydrogen-bond acceptors (Lipinski definition) is 2. The van der Waals surface area contributed by atoms with Gasteiger partial charge in [-0.25, -0.2) is 0 Å². The summed E-state index contributed by atoms with van der Waals surface area (Å²) < 4.78 is 10.3. The van der Waals surface area contributed by atoms with Gasteiger partial charge in [-0.2, -0.15) is 5.32 Å². The number of nitrogens with zero attached hydrogens (tertiary/aromatic N) is 1. The summed E-state index contributed by atoms with van der Waals surface area (Å²) in [6.45, 7) is 4.31. The fraction of sp³-hybridized carbons (Fsp3) is 1.00. The van der Waals surface area contributed by atoms with Crippen LogP contribution in [-0.4, -0.2) is 26.2 Å². The van der Waals surface area contributed by atoms with Crippen LogP contribution < -0.4 is 5.32 Å². The van der Waals surface area contributed by atoms with E-state index in [0.717, 1.165) is 26.2 Å². The van der Waals surface area contributed by atoms with Crippen molar-refractivity contribution in [3.8, 4) is 0 Å². The Hall–Kier alpha value is -0.120. The lowest BCUT2D eigenvalue weighted by Crippen LogP contribution is -2.33. The zero-order valence-corrected chi connectivity index (χ0v) is 5.67. The Morgan fingerprint density at radius 2 is 2.11 bits per heavy atom. The van der Waals surface area contributed by atoms with E-state index >= 15 is 0 Å². The van der Waals surface area contributed by atoms with Gasteiger partial charge >= 0.3 is 0 Å². The Bertz CT molecular complexity index is 68.7. The topological polar surface area (TPSA) is 32.6 Å². The first-order valence-electron chi connectivity index (χ1n) is 3.33. The second-order valence-electron chi connectivity index (χ2n) is 1.90. The highest BCUT2D eigenvalue weighted by atomic mass is 16.7. The van der Waals surface area contributed by atoms with E-state index in [2.05, 4.69) is 5.32 Å². The minimum Gasteiger partial charge on any atom is -0.339 e. The molecular formula is C6H12NO2. The average Bonchev–Trinajstić information content (AvgIpc) is 1.91. The summed E-state index contributed by atoms with van der Waals surface area (Å²) in [6, 6.07) is 0. The molecule has 0 N–H and O–H groups in total. The predicted octanol–water partition coefficient (Wildman–Crippen LogP) is 0.331. The zero-order valence-electron chi connectivity index (χ0n) is 5.67. The molecule has 3 heteroatoms. The maximum atomic E-state index is 5.13. The maximum absolute atomic E-state index is 5.13. The average molecular weight is 130 g/mol. The molecule has 0 atom stereocenters. The third-order valence-corrected chi connectivity index (χ3v) is 1.14. The van der Waals surface area contributed by atoms with Gasteiger partial charge in [-0.1, -0.05) is 6.92 Å². The minimum atomic E-state index is -0.274. The first-order chi connectivity index (χ1) is 4.43. The van der Waals surface area contributed by atoms with Gasteiger partial charge in [0.05, 0.1) is 13.2 Å². The molecule has 0 aromatic heterocycles. The van der Waals surface area contributed by atoms with Gasteiger partial charge in [0.25, 0.3) is 0 Å². The van der Waals surface area contributed by atoms with Crippen LogP contribution in [0.1, 0.15) is 13.3 Å². The summed E-state index contributed by atoms with van der Waals surface area (Å²) in [6.07, 6.45) is 0.721. The van der Waals surface area contributed by atoms with Crippen LogP contribution in [0.25, 0.3) is 0 Å². The molecule has 1 aliphatic heterocycles. The highest BCUT2D eigenvalue weighted by Crippen LogP contribution is 2.01. The summed E-state index contributed by atoms with van der Waals surface area (Å²) in [7, 11) is 0. The lowest BCUT2D eigenvalue weighted by molar-refractivity contribution is -0.195. The SMILES string of the molecule is CC[N]C1OCCCO1. The van der Waals surface area contributed by atoms with E-state index in [-0.39, 0.29) is 6.41 Å². The van der Waals surface area contributed by atoms with Crippen molar-refractivity contribution in [2.24, 2.45) is 0 Å². The number of ether oxygens (including phenoxy) is 2. The summed E-state index contributed by atoms with van der Waals surface area (Å²) >= 11 is 0. The van der Waals surface area contributed by atoms with E-state index in [1.165, 1.54) is 0 Å². The molecule has 0 aromatic rings. The van der Waals surface area contributed by atoms with E-state index in [1.807, 2.05) is 6.92 Å². The molecule has 0 spiro atoms. The second-order valence-corrected chi connectivity index (χ2v) is 1.90. The molecule has 0 saturated carbocycles. The van der Waals surface area contributed by atoms with Gasteiger partial charge in [0.1, 0.15) is 0 Å². The summed E-state index contributed by atoms with van der Waals surface area (Å²) in [5.74, 6) is 0. The first-order valence-corrected chi connectivity index (χ1v) is 3.33. The zero-order chi connectivity index (χ0) is 6.53. The molecule has 0 unspecified atom stereocenters. The molecule has 9 heavy (non-hydrogen) atoms. The Kier molecular flexibility index (Phi) is 2.97. The highest BCUT2D eigenvalue weighted by Gasteiger charge is 2.12. The normalized spacial score (nSPS) is 22.3. The molecular weight excluding hydrogens is 118 g/mol. The Balaban J connectivity index is 2.08. The van der Waals surface area contributed by atoms with Gasteiger partial charge in [0.2, 0.25) is 6.41 Å². The molecule has 1 aliphatic rings. The van der Waals surface area contributed by atoms with Crippen LogP contribution in [0.2, 0.25) is 0 Å². The largest absolute Gasteiger partial charge is 0.339 e. The van der Waals surface area contributed by atoms with Gasteiger partial charge < -0.3 is 9.47 Å². The lowest BCUT2D eigenvalue weighted by atomic mass is 10.5. The van der Waals surface area contributed by atoms with Crippen molar-refractivity contribution in [1.82, 2.24) is 5.32 Å². The molecule has 3 nitrogen and oxygen atoms in total. The van der Waals surface area contributed by atoms with Gasteiger partial charge in [-0.05, 0) is 6.42 Å². The van der Waals surface area contributed by atoms with Crippen LogP contribution in [0.15, 0.2) is 0 Å². The first kappa shape index (κ1) is 6.99. The van der Waals surface area contributed by atoms with Crippen LogP contribution in [0.5, 0.6) is 0 Å². The Morgan fingerprint density at radius 1 is 1.44 bits per heavy atom. The Labute approximate surface area is 55.3 Å². The van der Waals surface area contributed by atoms with Crippen molar-refractivity contribution in [2.45, 2.75) is 19.8 Å². The second kappa shape index (κ2) is 3.82. The van der Waals surface area contributed by atoms with Crippen LogP contribution >= 0.6 is 0 Å². The molecule has 0 amide bonds. The summed E-state index contributed by atoms with van der Waals surface area (Å²) in [5.41, 5.74) is 0. The van der Waals surface area contributed by atoms with E-state index in [9.17, 15) is 0 Å². The van der Waals surface area contributed by atoms with E-state index in [1.54, 1.807) is 0 Å². The highest BCUT2D eigenvalue weighted by molar-refractivity contribution is 4.46. The summed E-state index contributed by atoms with van der Waals surface area (Å²) in [5, 5.41) is 4.04. The molecule has 1 rings (SSSR count). The van der Waals surface area contributed by atoms with Crippen molar-refractivity contribution in [1.29, 1.82) is 0 Å². The minimum absolute atomic E-state index is 0.274. The quantitative estimate of drug-likeness (QED) is 0.539. The van der Waals surface area contributed by atoms with Crippen LogP contribution in [0, 0.1) is 0 Å². The third kappa shape index (κ3) is 2.30. The fourth-order valence-electron chi connectivity index (χ4n) is 0.730. The van der Waals surface area contributed by atoms with Crippen molar-refractivity contribution >= 4 is 0 Å². The Morgan fingerprint density at radius 3 is 2.67 bits per heavy atom. The molecule has 53 valence electrons. The maximum Gasteiger partial charge on any atom is 0.231 e. The molecule has 1 radical (unpaired) electrons. The van der Waals surface area contributed by atoms with Gasteiger partial charge in [0, 0.05) is 6.54 Å². The van der Waals surface area contributed by atoms with Crippen molar-refractivity contribution in [3.05, 3.63) is 0 Å². The van der Waals surface area contributed by atoms with Crippen LogP contribution in [0.3, 0.4) is 0 Å². The third-order valence-electron chi connectivity index (χ3n) is 1.14. The number of rotatable bonds is 2. The van der Waals surface area contributed by atoms with Crippen molar-refractivity contribution in [3.63, 3.8) is 0 Å². The molecule has 0 aromatic carbocycles. The van der Waals surface area contributed by atoms with Crippen molar-refractivity contribution < 1.29 is 9.47 Å². The molecule has 1 heterocycles. The van der Waals surface area contributed by atoms with E-state index < -0.39 is 0 Å². The fourth-order valence-corrected chi connectivity index (χ4v) is 0.730. The van der Waals surface area contributed by atoms with E-state index in [0.29, 0.717) is 0 Å². The molecule has 1 saturated heterocycles. The monoisotopic (exact) mass is 130 g/mol. The number of hydrogen-bond donors (Lipinski definition) is 0. The molecule has 1 fully saturated rings. The van der Waals surface area contributed by atoms with Gasteiger partial charge in [0.15, 0.2) is 0 Å². The molecule has 0 aliphatic carbocycles. The standard InChI is InChI=1S/C6H12NO2/c1-2-7-6-8-4-3-5-9-6/h6H,2-5H2,1H3. The summed E-state index contributed by atoms with van der Waals surface area (Å²) in [4.78, 5) is 0. The van der Waals surface area contributed by atoms with E-state index in [4.69, 9.17) is 9.47 Å².